The van der Waals surface area contributed by atoms with Gasteiger partial charge >= 0.3 is 5.97 Å². The second-order valence-electron chi connectivity index (χ2n) is 3.88. The number of aliphatic carboxylic acids is 1. The minimum atomic E-state index is -0.721. The molecule has 0 saturated heterocycles. The summed E-state index contributed by atoms with van der Waals surface area (Å²) >= 11 is 0. The minimum absolute atomic E-state index is 0.179. The van der Waals surface area contributed by atoms with E-state index in [-0.39, 0.29) is 6.54 Å². The van der Waals surface area contributed by atoms with Gasteiger partial charge in [-0.25, -0.2) is 0 Å². The lowest BCUT2D eigenvalue weighted by molar-refractivity contribution is -0.138. The molecule has 1 fully saturated rings. The van der Waals surface area contributed by atoms with Crippen LogP contribution in [-0.4, -0.2) is 35.1 Å². The first kappa shape index (κ1) is 11.2. The van der Waals surface area contributed by atoms with Crippen molar-refractivity contribution in [1.29, 1.82) is 0 Å². The number of carboxylic acids is 1. The van der Waals surface area contributed by atoms with Crippen LogP contribution in [0.15, 0.2) is 12.7 Å². The lowest BCUT2D eigenvalue weighted by atomic mass is 10.2. The van der Waals surface area contributed by atoms with Crippen molar-refractivity contribution >= 4 is 5.97 Å². The van der Waals surface area contributed by atoms with Gasteiger partial charge < -0.3 is 5.11 Å². The number of carboxylic acid groups (broad SMARTS) is 1. The molecule has 1 rings (SSSR count). The third-order valence-corrected chi connectivity index (χ3v) is 2.80. The summed E-state index contributed by atoms with van der Waals surface area (Å²) in [5, 5.41) is 8.78. The molecule has 0 heterocycles. The average Bonchev–Trinajstić information content (AvgIpc) is 2.64. The maximum atomic E-state index is 10.7. The van der Waals surface area contributed by atoms with Crippen molar-refractivity contribution in [3.8, 4) is 0 Å². The summed E-state index contributed by atoms with van der Waals surface area (Å²) < 4.78 is 0. The van der Waals surface area contributed by atoms with Crippen LogP contribution in [0.25, 0.3) is 0 Å². The maximum Gasteiger partial charge on any atom is 0.317 e. The molecule has 1 N–H and O–H groups in total. The summed E-state index contributed by atoms with van der Waals surface area (Å²) in [5.41, 5.74) is 0. The summed E-state index contributed by atoms with van der Waals surface area (Å²) in [6.45, 7) is 4.68. The maximum absolute atomic E-state index is 10.7. The van der Waals surface area contributed by atoms with Crippen LogP contribution in [0.3, 0.4) is 0 Å². The largest absolute Gasteiger partial charge is 0.480 e. The van der Waals surface area contributed by atoms with Crippen LogP contribution >= 0.6 is 0 Å². The van der Waals surface area contributed by atoms with Gasteiger partial charge in [0.1, 0.15) is 0 Å². The second-order valence-corrected chi connectivity index (χ2v) is 3.88. The third kappa shape index (κ3) is 3.50. The Morgan fingerprint density at radius 1 is 1.50 bits per heavy atom. The van der Waals surface area contributed by atoms with E-state index in [1.165, 1.54) is 12.8 Å². The van der Waals surface area contributed by atoms with E-state index in [9.17, 15) is 4.79 Å². The van der Waals surface area contributed by atoms with Crippen LogP contribution in [0, 0.1) is 0 Å². The molecule has 0 aromatic rings. The van der Waals surface area contributed by atoms with Gasteiger partial charge in [-0.05, 0) is 19.3 Å². The zero-order valence-corrected chi connectivity index (χ0v) is 8.61. The topological polar surface area (TPSA) is 40.5 Å². The highest BCUT2D eigenvalue weighted by Crippen LogP contribution is 2.23. The number of carbonyl (C=O) groups is 1. The van der Waals surface area contributed by atoms with Crippen LogP contribution in [-0.2, 0) is 4.79 Å². The van der Waals surface area contributed by atoms with Gasteiger partial charge in [-0.1, -0.05) is 18.9 Å². The first-order chi connectivity index (χ1) is 6.74. The van der Waals surface area contributed by atoms with Gasteiger partial charge in [0, 0.05) is 12.6 Å². The monoisotopic (exact) mass is 197 g/mol. The molecular weight excluding hydrogens is 178 g/mol. The zero-order chi connectivity index (χ0) is 10.4. The summed E-state index contributed by atoms with van der Waals surface area (Å²) in [6, 6.07) is 0.492. The van der Waals surface area contributed by atoms with Gasteiger partial charge in [-0.3, -0.25) is 9.69 Å². The van der Waals surface area contributed by atoms with Crippen molar-refractivity contribution in [2.24, 2.45) is 0 Å². The van der Waals surface area contributed by atoms with Crippen molar-refractivity contribution in [2.75, 3.05) is 13.1 Å². The number of hydrogen-bond donors (Lipinski definition) is 1. The smallest absolute Gasteiger partial charge is 0.317 e. The van der Waals surface area contributed by atoms with Gasteiger partial charge in [0.05, 0.1) is 6.54 Å². The lowest BCUT2D eigenvalue weighted by Gasteiger charge is -2.26. The van der Waals surface area contributed by atoms with Crippen molar-refractivity contribution in [2.45, 2.75) is 38.1 Å². The van der Waals surface area contributed by atoms with Gasteiger partial charge in [-0.2, -0.15) is 0 Å². The van der Waals surface area contributed by atoms with Gasteiger partial charge in [-0.15, -0.1) is 6.58 Å². The third-order valence-electron chi connectivity index (χ3n) is 2.80. The Labute approximate surface area is 85.4 Å². The highest BCUT2D eigenvalue weighted by molar-refractivity contribution is 5.69. The Morgan fingerprint density at radius 2 is 2.14 bits per heavy atom. The predicted molar refractivity (Wildman–Crippen MR) is 56.3 cm³/mol. The van der Waals surface area contributed by atoms with E-state index in [2.05, 4.69) is 11.5 Å². The molecule has 1 saturated carbocycles. The molecule has 14 heavy (non-hydrogen) atoms. The molecule has 0 spiro atoms. The van der Waals surface area contributed by atoms with Crippen LogP contribution in [0.5, 0.6) is 0 Å². The summed E-state index contributed by atoms with van der Waals surface area (Å²) in [6.07, 6.45) is 7.53. The van der Waals surface area contributed by atoms with Crippen LogP contribution in [0.1, 0.15) is 32.1 Å². The zero-order valence-electron chi connectivity index (χ0n) is 8.61. The molecule has 0 radical (unpaired) electrons. The SMILES string of the molecule is C=CCCN(CC(=O)O)C1CCCC1. The Morgan fingerprint density at radius 3 is 2.64 bits per heavy atom. The molecule has 0 aliphatic heterocycles. The molecule has 0 atom stereocenters. The van der Waals surface area contributed by atoms with E-state index in [0.29, 0.717) is 6.04 Å². The number of nitrogens with zero attached hydrogens (tertiary/aromatic N) is 1. The number of hydrogen-bond acceptors (Lipinski definition) is 2. The molecule has 0 aromatic carbocycles. The first-order valence-electron chi connectivity index (χ1n) is 5.30. The Kier molecular flexibility index (Phi) is 4.66. The van der Waals surface area contributed by atoms with E-state index >= 15 is 0 Å². The summed E-state index contributed by atoms with van der Waals surface area (Å²) in [5.74, 6) is -0.721. The fraction of sp³-hybridized carbons (Fsp3) is 0.727. The van der Waals surface area contributed by atoms with Gasteiger partial charge in [0.25, 0.3) is 0 Å². The fourth-order valence-corrected chi connectivity index (χ4v) is 2.09. The van der Waals surface area contributed by atoms with E-state index in [1.54, 1.807) is 0 Å². The second kappa shape index (κ2) is 5.81. The minimum Gasteiger partial charge on any atom is -0.480 e. The molecule has 3 nitrogen and oxygen atoms in total. The van der Waals surface area contributed by atoms with Gasteiger partial charge in [0.15, 0.2) is 0 Å². The van der Waals surface area contributed by atoms with Gasteiger partial charge in [0.2, 0.25) is 0 Å². The summed E-state index contributed by atoms with van der Waals surface area (Å²) in [4.78, 5) is 12.7. The van der Waals surface area contributed by atoms with Crippen LogP contribution in [0.4, 0.5) is 0 Å². The lowest BCUT2D eigenvalue weighted by Crippen LogP contribution is -2.38. The van der Waals surface area contributed by atoms with Crippen molar-refractivity contribution < 1.29 is 9.90 Å². The Hall–Kier alpha value is -0.830. The molecular formula is C11H19NO2. The number of rotatable bonds is 6. The summed E-state index contributed by atoms with van der Waals surface area (Å²) in [7, 11) is 0. The Bertz CT molecular complexity index is 197. The molecule has 0 aromatic heterocycles. The van der Waals surface area contributed by atoms with Crippen LogP contribution < -0.4 is 0 Å². The standard InChI is InChI=1S/C11H19NO2/c1-2-3-8-12(9-11(13)14)10-6-4-5-7-10/h2,10H,1,3-9H2,(H,13,14). The van der Waals surface area contributed by atoms with E-state index in [4.69, 9.17) is 5.11 Å². The van der Waals surface area contributed by atoms with Crippen molar-refractivity contribution in [3.05, 3.63) is 12.7 Å². The fourth-order valence-electron chi connectivity index (χ4n) is 2.09. The normalized spacial score (nSPS) is 17.5. The molecule has 0 amide bonds. The van der Waals surface area contributed by atoms with Crippen LogP contribution in [0.2, 0.25) is 0 Å². The van der Waals surface area contributed by atoms with Crippen molar-refractivity contribution in [3.63, 3.8) is 0 Å². The highest BCUT2D eigenvalue weighted by Gasteiger charge is 2.23. The molecule has 80 valence electrons. The molecule has 0 bridgehead atoms. The molecule has 3 heteroatoms. The average molecular weight is 197 g/mol. The van der Waals surface area contributed by atoms with E-state index in [1.807, 2.05) is 6.08 Å². The Balaban J connectivity index is 2.41. The highest BCUT2D eigenvalue weighted by atomic mass is 16.4. The molecule has 1 aliphatic rings. The quantitative estimate of drug-likeness (QED) is 0.661. The van der Waals surface area contributed by atoms with E-state index in [0.717, 1.165) is 25.8 Å². The van der Waals surface area contributed by atoms with Crippen molar-refractivity contribution in [1.82, 2.24) is 4.90 Å². The predicted octanol–water partition coefficient (Wildman–Crippen LogP) is 1.89. The molecule has 1 aliphatic carbocycles. The first-order valence-corrected chi connectivity index (χ1v) is 5.30. The van der Waals surface area contributed by atoms with E-state index < -0.39 is 5.97 Å². The molecule has 0 unspecified atom stereocenters.